The SMILES string of the molecule is CSc1ccccc1C(=O)Nc1cc(C)nn1-c1ccc(Cl)cc1. The van der Waals surface area contributed by atoms with Crippen molar-refractivity contribution in [3.05, 3.63) is 70.9 Å². The molecule has 0 unspecified atom stereocenters. The van der Waals surface area contributed by atoms with Crippen LogP contribution in [0.5, 0.6) is 0 Å². The number of aryl methyl sites for hydroxylation is 1. The van der Waals surface area contributed by atoms with Crippen molar-refractivity contribution in [3.8, 4) is 5.69 Å². The van der Waals surface area contributed by atoms with Crippen molar-refractivity contribution in [3.63, 3.8) is 0 Å². The molecule has 1 N–H and O–H groups in total. The van der Waals surface area contributed by atoms with Crippen molar-refractivity contribution in [1.82, 2.24) is 9.78 Å². The number of hydrogen-bond donors (Lipinski definition) is 1. The van der Waals surface area contributed by atoms with Gasteiger partial charge >= 0.3 is 0 Å². The number of thioether (sulfide) groups is 1. The molecule has 122 valence electrons. The number of anilines is 1. The third-order valence-corrected chi connectivity index (χ3v) is 4.54. The Morgan fingerprint density at radius 2 is 1.88 bits per heavy atom. The molecule has 2 aromatic carbocycles. The lowest BCUT2D eigenvalue weighted by Crippen LogP contribution is -2.16. The summed E-state index contributed by atoms with van der Waals surface area (Å²) in [4.78, 5) is 13.6. The monoisotopic (exact) mass is 357 g/mol. The average molecular weight is 358 g/mol. The van der Waals surface area contributed by atoms with E-state index < -0.39 is 0 Å². The lowest BCUT2D eigenvalue weighted by Gasteiger charge is -2.11. The van der Waals surface area contributed by atoms with E-state index in [1.54, 1.807) is 28.6 Å². The zero-order chi connectivity index (χ0) is 17.1. The van der Waals surface area contributed by atoms with Crippen LogP contribution in [0.3, 0.4) is 0 Å². The molecule has 0 radical (unpaired) electrons. The Kier molecular flexibility index (Phi) is 4.92. The molecule has 1 amide bonds. The smallest absolute Gasteiger partial charge is 0.257 e. The molecule has 0 spiro atoms. The maximum Gasteiger partial charge on any atom is 0.257 e. The zero-order valence-electron chi connectivity index (χ0n) is 13.3. The predicted octanol–water partition coefficient (Wildman–Crippen LogP) is 4.81. The van der Waals surface area contributed by atoms with Gasteiger partial charge in [-0.2, -0.15) is 5.10 Å². The van der Waals surface area contributed by atoms with Gasteiger partial charge in [-0.25, -0.2) is 4.68 Å². The number of nitrogens with one attached hydrogen (secondary N) is 1. The second kappa shape index (κ2) is 7.11. The van der Waals surface area contributed by atoms with Crippen molar-refractivity contribution in [2.24, 2.45) is 0 Å². The van der Waals surface area contributed by atoms with E-state index in [0.29, 0.717) is 16.4 Å². The minimum atomic E-state index is -0.157. The number of carbonyl (C=O) groups is 1. The minimum Gasteiger partial charge on any atom is -0.306 e. The molecule has 0 saturated heterocycles. The standard InChI is InChI=1S/C18H16ClN3OS/c1-12-11-17(22(21-12)14-9-7-13(19)8-10-14)20-18(23)15-5-3-4-6-16(15)24-2/h3-11H,1-2H3,(H,20,23). The Morgan fingerprint density at radius 1 is 1.17 bits per heavy atom. The van der Waals surface area contributed by atoms with Crippen LogP contribution in [0, 0.1) is 6.92 Å². The van der Waals surface area contributed by atoms with Crippen molar-refractivity contribution < 1.29 is 4.79 Å². The lowest BCUT2D eigenvalue weighted by atomic mass is 10.2. The number of aromatic nitrogens is 2. The molecule has 6 heteroatoms. The molecule has 0 saturated carbocycles. The van der Waals surface area contributed by atoms with E-state index in [9.17, 15) is 4.79 Å². The molecule has 4 nitrogen and oxygen atoms in total. The molecule has 0 atom stereocenters. The van der Waals surface area contributed by atoms with Crippen molar-refractivity contribution in [2.75, 3.05) is 11.6 Å². The molecule has 1 heterocycles. The van der Waals surface area contributed by atoms with Gasteiger partial charge < -0.3 is 5.32 Å². The summed E-state index contributed by atoms with van der Waals surface area (Å²) in [6.45, 7) is 1.89. The highest BCUT2D eigenvalue weighted by Gasteiger charge is 2.14. The lowest BCUT2D eigenvalue weighted by molar-refractivity contribution is 0.102. The van der Waals surface area contributed by atoms with Crippen molar-refractivity contribution in [1.29, 1.82) is 0 Å². The van der Waals surface area contributed by atoms with Gasteiger partial charge in [-0.3, -0.25) is 4.79 Å². The van der Waals surface area contributed by atoms with Crippen LogP contribution in [0.1, 0.15) is 16.1 Å². The fourth-order valence-electron chi connectivity index (χ4n) is 2.38. The van der Waals surface area contributed by atoms with E-state index in [4.69, 9.17) is 11.6 Å². The van der Waals surface area contributed by atoms with Crippen molar-refractivity contribution in [2.45, 2.75) is 11.8 Å². The summed E-state index contributed by atoms with van der Waals surface area (Å²) in [6.07, 6.45) is 1.95. The van der Waals surface area contributed by atoms with Gasteiger partial charge in [0.1, 0.15) is 5.82 Å². The van der Waals surface area contributed by atoms with Crippen LogP contribution in [0.15, 0.2) is 59.5 Å². The van der Waals surface area contributed by atoms with Gasteiger partial charge in [-0.15, -0.1) is 11.8 Å². The van der Waals surface area contributed by atoms with Crippen LogP contribution in [0.4, 0.5) is 5.82 Å². The second-order valence-corrected chi connectivity index (χ2v) is 6.50. The summed E-state index contributed by atoms with van der Waals surface area (Å²) in [5.74, 6) is 0.464. The van der Waals surface area contributed by atoms with E-state index in [0.717, 1.165) is 16.3 Å². The van der Waals surface area contributed by atoms with Crippen LogP contribution in [-0.2, 0) is 0 Å². The first-order valence-electron chi connectivity index (χ1n) is 7.35. The van der Waals surface area contributed by atoms with Gasteiger partial charge in [0.2, 0.25) is 0 Å². The van der Waals surface area contributed by atoms with Crippen LogP contribution in [0.2, 0.25) is 5.02 Å². The number of rotatable bonds is 4. The van der Waals surface area contributed by atoms with Crippen LogP contribution in [0.25, 0.3) is 5.69 Å². The first-order valence-corrected chi connectivity index (χ1v) is 8.96. The highest BCUT2D eigenvalue weighted by molar-refractivity contribution is 7.98. The third-order valence-electron chi connectivity index (χ3n) is 3.50. The molecule has 24 heavy (non-hydrogen) atoms. The number of hydrogen-bond acceptors (Lipinski definition) is 3. The molecule has 1 aromatic heterocycles. The fraction of sp³-hybridized carbons (Fsp3) is 0.111. The van der Waals surface area contributed by atoms with Gasteiger partial charge in [0, 0.05) is 16.0 Å². The zero-order valence-corrected chi connectivity index (χ0v) is 14.9. The van der Waals surface area contributed by atoms with Gasteiger partial charge in [0.25, 0.3) is 5.91 Å². The van der Waals surface area contributed by atoms with Gasteiger partial charge in [0.05, 0.1) is 16.9 Å². The summed E-state index contributed by atoms with van der Waals surface area (Å²) in [6, 6.07) is 16.7. The molecule has 0 fully saturated rings. The van der Waals surface area contributed by atoms with E-state index in [1.807, 2.05) is 55.6 Å². The Bertz CT molecular complexity index is 874. The average Bonchev–Trinajstić information content (AvgIpc) is 2.95. The Labute approximate surface area is 149 Å². The van der Waals surface area contributed by atoms with E-state index in [-0.39, 0.29) is 5.91 Å². The van der Waals surface area contributed by atoms with Gasteiger partial charge in [-0.05, 0) is 49.6 Å². The normalized spacial score (nSPS) is 10.6. The summed E-state index contributed by atoms with van der Waals surface area (Å²) < 4.78 is 1.70. The maximum absolute atomic E-state index is 12.7. The molecular weight excluding hydrogens is 342 g/mol. The topological polar surface area (TPSA) is 46.9 Å². The third kappa shape index (κ3) is 3.47. The Balaban J connectivity index is 1.93. The second-order valence-electron chi connectivity index (χ2n) is 5.21. The molecule has 3 aromatic rings. The number of halogens is 1. The fourth-order valence-corrected chi connectivity index (χ4v) is 3.10. The van der Waals surface area contributed by atoms with Crippen LogP contribution < -0.4 is 5.32 Å². The molecule has 0 aliphatic rings. The molecule has 0 bridgehead atoms. The summed E-state index contributed by atoms with van der Waals surface area (Å²) in [7, 11) is 0. The highest BCUT2D eigenvalue weighted by Crippen LogP contribution is 2.23. The summed E-state index contributed by atoms with van der Waals surface area (Å²) in [5.41, 5.74) is 2.30. The number of benzene rings is 2. The molecule has 0 aliphatic carbocycles. The minimum absolute atomic E-state index is 0.157. The number of carbonyl (C=O) groups excluding carboxylic acids is 1. The van der Waals surface area contributed by atoms with Crippen LogP contribution >= 0.6 is 23.4 Å². The summed E-state index contributed by atoms with van der Waals surface area (Å²) >= 11 is 7.48. The van der Waals surface area contributed by atoms with Gasteiger partial charge in [-0.1, -0.05) is 23.7 Å². The Hall–Kier alpha value is -2.24. The van der Waals surface area contributed by atoms with E-state index in [2.05, 4.69) is 10.4 Å². The first-order chi connectivity index (χ1) is 11.6. The molecular formula is C18H16ClN3OS. The highest BCUT2D eigenvalue weighted by atomic mass is 35.5. The number of nitrogens with zero attached hydrogens (tertiary/aromatic N) is 2. The molecule has 3 rings (SSSR count). The van der Waals surface area contributed by atoms with Crippen molar-refractivity contribution >= 4 is 35.1 Å². The predicted molar refractivity (Wildman–Crippen MR) is 99.5 cm³/mol. The quantitative estimate of drug-likeness (QED) is 0.682. The van der Waals surface area contributed by atoms with Crippen LogP contribution in [-0.4, -0.2) is 21.9 Å². The Morgan fingerprint density at radius 3 is 2.58 bits per heavy atom. The summed E-state index contributed by atoms with van der Waals surface area (Å²) in [5, 5.41) is 8.06. The van der Waals surface area contributed by atoms with Gasteiger partial charge in [0.15, 0.2) is 0 Å². The van der Waals surface area contributed by atoms with E-state index >= 15 is 0 Å². The first kappa shape index (κ1) is 16.6. The molecule has 0 aliphatic heterocycles. The largest absolute Gasteiger partial charge is 0.306 e. The van der Waals surface area contributed by atoms with E-state index in [1.165, 1.54) is 0 Å². The maximum atomic E-state index is 12.7. The number of amides is 1.